The zero-order chi connectivity index (χ0) is 11.5. The fourth-order valence-electron chi connectivity index (χ4n) is 0.885. The van der Waals surface area contributed by atoms with Gasteiger partial charge in [0, 0.05) is 0 Å². The van der Waals surface area contributed by atoms with Crippen LogP contribution in [-0.2, 0) is 14.2 Å². The molecule has 0 bridgehead atoms. The Morgan fingerprint density at radius 1 is 1.20 bits per heavy atom. The Balaban J connectivity index is 3.16. The summed E-state index contributed by atoms with van der Waals surface area (Å²) in [5.41, 5.74) is 0. The van der Waals surface area contributed by atoms with E-state index in [0.29, 0.717) is 33.0 Å². The fourth-order valence-corrected chi connectivity index (χ4v) is 0.885. The van der Waals surface area contributed by atoms with Crippen LogP contribution in [0, 0.1) is 0 Å². The highest BCUT2D eigenvalue weighted by atomic mass is 16.5. The molecule has 0 amide bonds. The highest BCUT2D eigenvalue weighted by molar-refractivity contribution is 4.63. The van der Waals surface area contributed by atoms with E-state index in [4.69, 9.17) is 19.3 Å². The average Bonchev–Trinajstić information content (AvgIpc) is 2.20. The van der Waals surface area contributed by atoms with Gasteiger partial charge in [-0.05, 0) is 13.8 Å². The second kappa shape index (κ2) is 10.1. The van der Waals surface area contributed by atoms with Gasteiger partial charge in [0.15, 0.2) is 0 Å². The van der Waals surface area contributed by atoms with Crippen molar-refractivity contribution in [2.24, 2.45) is 0 Å². The summed E-state index contributed by atoms with van der Waals surface area (Å²) in [4.78, 5) is 0. The molecule has 2 unspecified atom stereocenters. The number of rotatable bonds is 10. The lowest BCUT2D eigenvalue weighted by Gasteiger charge is -2.14. The van der Waals surface area contributed by atoms with Crippen LogP contribution in [0.4, 0.5) is 0 Å². The molecular formula is C11H22O4. The van der Waals surface area contributed by atoms with Crippen LogP contribution in [0.5, 0.6) is 0 Å². The molecule has 0 aromatic rings. The van der Waals surface area contributed by atoms with E-state index in [1.165, 1.54) is 0 Å². The van der Waals surface area contributed by atoms with E-state index in [-0.39, 0.29) is 6.10 Å². The van der Waals surface area contributed by atoms with Gasteiger partial charge in [-0.15, -0.1) is 6.58 Å². The van der Waals surface area contributed by atoms with Crippen molar-refractivity contribution in [2.45, 2.75) is 26.1 Å². The molecule has 0 aromatic carbocycles. The van der Waals surface area contributed by atoms with Gasteiger partial charge < -0.3 is 19.3 Å². The van der Waals surface area contributed by atoms with Crippen LogP contribution in [-0.4, -0.2) is 50.3 Å². The van der Waals surface area contributed by atoms with E-state index < -0.39 is 6.10 Å². The van der Waals surface area contributed by atoms with E-state index >= 15 is 0 Å². The fraction of sp³-hybridized carbons (Fsp3) is 0.818. The third-order valence-corrected chi connectivity index (χ3v) is 1.58. The molecule has 0 saturated heterocycles. The van der Waals surface area contributed by atoms with E-state index in [9.17, 15) is 0 Å². The van der Waals surface area contributed by atoms with Gasteiger partial charge in [0.1, 0.15) is 0 Å². The van der Waals surface area contributed by atoms with Crippen LogP contribution >= 0.6 is 0 Å². The maximum atomic E-state index is 8.97. The molecule has 0 aliphatic rings. The summed E-state index contributed by atoms with van der Waals surface area (Å²) in [5.74, 6) is 0. The van der Waals surface area contributed by atoms with E-state index in [1.807, 2.05) is 6.92 Å². The van der Waals surface area contributed by atoms with Crippen molar-refractivity contribution in [3.8, 4) is 0 Å². The predicted octanol–water partition coefficient (Wildman–Crippen LogP) is 0.992. The number of hydrogen-bond donors (Lipinski definition) is 1. The Kier molecular flexibility index (Phi) is 9.83. The first-order chi connectivity index (χ1) is 7.16. The summed E-state index contributed by atoms with van der Waals surface area (Å²) in [7, 11) is 0. The summed E-state index contributed by atoms with van der Waals surface area (Å²) < 4.78 is 15.7. The Labute approximate surface area is 91.8 Å². The largest absolute Gasteiger partial charge is 0.391 e. The standard InChI is InChI=1S/C11H22O4/c1-4-5-13-6-7-14-9-11(3)15-8-10(2)12/h4,10-12H,1,5-9H2,2-3H3. The van der Waals surface area contributed by atoms with Crippen molar-refractivity contribution in [3.05, 3.63) is 12.7 Å². The molecule has 1 N–H and O–H groups in total. The van der Waals surface area contributed by atoms with Gasteiger partial charge in [-0.2, -0.15) is 0 Å². The van der Waals surface area contributed by atoms with Crippen molar-refractivity contribution < 1.29 is 19.3 Å². The number of aliphatic hydroxyl groups excluding tert-OH is 1. The van der Waals surface area contributed by atoms with Crippen molar-refractivity contribution in [1.82, 2.24) is 0 Å². The SMILES string of the molecule is C=CCOCCOCC(C)OCC(C)O. The first kappa shape index (κ1) is 14.6. The quantitative estimate of drug-likeness (QED) is 0.439. The smallest absolute Gasteiger partial charge is 0.0781 e. The van der Waals surface area contributed by atoms with Crippen molar-refractivity contribution in [1.29, 1.82) is 0 Å². The van der Waals surface area contributed by atoms with Gasteiger partial charge in [-0.3, -0.25) is 0 Å². The number of aliphatic hydroxyl groups is 1. The van der Waals surface area contributed by atoms with Gasteiger partial charge in [-0.1, -0.05) is 6.08 Å². The Hall–Kier alpha value is -0.420. The highest BCUT2D eigenvalue weighted by Gasteiger charge is 2.04. The second-order valence-electron chi connectivity index (χ2n) is 3.43. The Morgan fingerprint density at radius 2 is 1.87 bits per heavy atom. The molecular weight excluding hydrogens is 196 g/mol. The lowest BCUT2D eigenvalue weighted by molar-refractivity contribution is -0.0443. The third-order valence-electron chi connectivity index (χ3n) is 1.58. The maximum absolute atomic E-state index is 8.97. The molecule has 0 saturated carbocycles. The lowest BCUT2D eigenvalue weighted by atomic mass is 10.4. The third kappa shape index (κ3) is 11.5. The molecule has 0 spiro atoms. The summed E-state index contributed by atoms with van der Waals surface area (Å²) in [6.07, 6.45) is 1.27. The van der Waals surface area contributed by atoms with Crippen molar-refractivity contribution in [2.75, 3.05) is 33.0 Å². The van der Waals surface area contributed by atoms with Gasteiger partial charge >= 0.3 is 0 Å². The Bertz CT molecular complexity index is 148. The molecule has 4 heteroatoms. The molecule has 15 heavy (non-hydrogen) atoms. The first-order valence-corrected chi connectivity index (χ1v) is 5.22. The monoisotopic (exact) mass is 218 g/mol. The van der Waals surface area contributed by atoms with Crippen LogP contribution < -0.4 is 0 Å². The molecule has 2 atom stereocenters. The van der Waals surface area contributed by atoms with Gasteiger partial charge in [0.05, 0.1) is 45.2 Å². The predicted molar refractivity (Wildman–Crippen MR) is 58.9 cm³/mol. The number of ether oxygens (including phenoxy) is 3. The molecule has 0 heterocycles. The van der Waals surface area contributed by atoms with Crippen LogP contribution in [0.3, 0.4) is 0 Å². The molecule has 0 aliphatic heterocycles. The van der Waals surface area contributed by atoms with Gasteiger partial charge in [0.2, 0.25) is 0 Å². The molecule has 4 nitrogen and oxygen atoms in total. The molecule has 0 fully saturated rings. The van der Waals surface area contributed by atoms with Crippen molar-refractivity contribution in [3.63, 3.8) is 0 Å². The topological polar surface area (TPSA) is 47.9 Å². The van der Waals surface area contributed by atoms with Crippen molar-refractivity contribution >= 4 is 0 Å². The first-order valence-electron chi connectivity index (χ1n) is 5.22. The molecule has 0 radical (unpaired) electrons. The second-order valence-corrected chi connectivity index (χ2v) is 3.43. The van der Waals surface area contributed by atoms with Crippen LogP contribution in [0.1, 0.15) is 13.8 Å². The summed E-state index contributed by atoms with van der Waals surface area (Å²) in [6.45, 7) is 9.67. The Morgan fingerprint density at radius 3 is 2.47 bits per heavy atom. The molecule has 90 valence electrons. The zero-order valence-electron chi connectivity index (χ0n) is 9.65. The van der Waals surface area contributed by atoms with E-state index in [1.54, 1.807) is 13.0 Å². The maximum Gasteiger partial charge on any atom is 0.0781 e. The normalized spacial score (nSPS) is 14.9. The highest BCUT2D eigenvalue weighted by Crippen LogP contribution is 1.94. The summed E-state index contributed by atoms with van der Waals surface area (Å²) >= 11 is 0. The van der Waals surface area contributed by atoms with Crippen LogP contribution in [0.25, 0.3) is 0 Å². The van der Waals surface area contributed by atoms with Crippen LogP contribution in [0.15, 0.2) is 12.7 Å². The molecule has 0 aliphatic carbocycles. The number of hydrogen-bond acceptors (Lipinski definition) is 4. The molecule has 0 aromatic heterocycles. The summed E-state index contributed by atoms with van der Waals surface area (Å²) in [5, 5.41) is 8.97. The zero-order valence-corrected chi connectivity index (χ0v) is 9.65. The van der Waals surface area contributed by atoms with E-state index in [0.717, 1.165) is 0 Å². The average molecular weight is 218 g/mol. The minimum atomic E-state index is -0.427. The summed E-state index contributed by atoms with van der Waals surface area (Å²) in [6, 6.07) is 0. The minimum Gasteiger partial charge on any atom is -0.391 e. The lowest BCUT2D eigenvalue weighted by Crippen LogP contribution is -2.22. The molecule has 0 rings (SSSR count). The minimum absolute atomic E-state index is 0.000922. The van der Waals surface area contributed by atoms with Gasteiger partial charge in [0.25, 0.3) is 0 Å². The van der Waals surface area contributed by atoms with E-state index in [2.05, 4.69) is 6.58 Å². The van der Waals surface area contributed by atoms with Gasteiger partial charge in [-0.25, -0.2) is 0 Å². The van der Waals surface area contributed by atoms with Crippen LogP contribution in [0.2, 0.25) is 0 Å².